The molecule has 1 atom stereocenters. The van der Waals surface area contributed by atoms with Gasteiger partial charge < -0.3 is 31.2 Å². The highest BCUT2D eigenvalue weighted by molar-refractivity contribution is 6.13. The van der Waals surface area contributed by atoms with E-state index in [2.05, 4.69) is 22.9 Å². The van der Waals surface area contributed by atoms with Crippen molar-refractivity contribution in [3.8, 4) is 0 Å². The molecule has 0 saturated heterocycles. The number of hydrogen-bond acceptors (Lipinski definition) is 8. The molecule has 286 valence electrons. The molecule has 0 bridgehead atoms. The Kier molecular flexibility index (Phi) is 22.1. The van der Waals surface area contributed by atoms with Gasteiger partial charge >= 0.3 is 0 Å². The quantitative estimate of drug-likeness (QED) is 0.0638. The number of nitrogens with zero attached hydrogens (tertiary/aromatic N) is 1. The molecule has 50 heavy (non-hydrogen) atoms. The Morgan fingerprint density at radius 3 is 1.92 bits per heavy atom. The van der Waals surface area contributed by atoms with Gasteiger partial charge in [-0.25, -0.2) is 0 Å². The molecule has 0 aliphatic carbocycles. The van der Waals surface area contributed by atoms with Crippen LogP contribution in [0.25, 0.3) is 0 Å². The maximum absolute atomic E-state index is 12.4. The zero-order chi connectivity index (χ0) is 37.4. The number of amides is 6. The van der Waals surface area contributed by atoms with Crippen LogP contribution >= 0.6 is 0 Å². The normalized spacial score (nSPS) is 13.8. The van der Waals surface area contributed by atoms with E-state index in [1.807, 2.05) is 27.7 Å². The third-order valence-corrected chi connectivity index (χ3v) is 8.73. The first-order chi connectivity index (χ1) is 23.7. The van der Waals surface area contributed by atoms with Crippen LogP contribution in [0.15, 0.2) is 12.2 Å². The van der Waals surface area contributed by atoms with Gasteiger partial charge in [0.2, 0.25) is 23.6 Å². The minimum Gasteiger partial charge on any atom is -0.375 e. The molecule has 1 unspecified atom stereocenters. The molecule has 13 nitrogen and oxygen atoms in total. The molecule has 0 aromatic heterocycles. The molecular formula is C37H65N5O8. The van der Waals surface area contributed by atoms with Crippen molar-refractivity contribution in [3.63, 3.8) is 0 Å². The Bertz CT molecular complexity index is 1090. The van der Waals surface area contributed by atoms with Gasteiger partial charge in [-0.05, 0) is 66.2 Å². The molecule has 1 aliphatic rings. The van der Waals surface area contributed by atoms with Crippen molar-refractivity contribution in [1.29, 1.82) is 0 Å². The lowest BCUT2D eigenvalue weighted by atomic mass is 10.0. The number of ether oxygens (including phenoxy) is 2. The highest BCUT2D eigenvalue weighted by Gasteiger charge is 2.25. The third kappa shape index (κ3) is 21.7. The van der Waals surface area contributed by atoms with Crippen LogP contribution in [0, 0.1) is 0 Å². The summed E-state index contributed by atoms with van der Waals surface area (Å²) in [4.78, 5) is 72.9. The van der Waals surface area contributed by atoms with Gasteiger partial charge in [0.25, 0.3) is 11.8 Å². The van der Waals surface area contributed by atoms with E-state index in [1.165, 1.54) is 50.7 Å². The highest BCUT2D eigenvalue weighted by Crippen LogP contribution is 2.19. The summed E-state index contributed by atoms with van der Waals surface area (Å²) < 4.78 is 11.9. The first-order valence-electron chi connectivity index (χ1n) is 18.6. The van der Waals surface area contributed by atoms with Gasteiger partial charge in [-0.2, -0.15) is 0 Å². The fourth-order valence-corrected chi connectivity index (χ4v) is 5.34. The summed E-state index contributed by atoms with van der Waals surface area (Å²) in [5, 5.41) is 8.39. The maximum Gasteiger partial charge on any atom is 0.253 e. The zero-order valence-corrected chi connectivity index (χ0v) is 31.4. The number of imide groups is 1. The Morgan fingerprint density at radius 1 is 0.720 bits per heavy atom. The van der Waals surface area contributed by atoms with E-state index in [1.54, 1.807) is 0 Å². The summed E-state index contributed by atoms with van der Waals surface area (Å²) in [6.07, 6.45) is 16.1. The second kappa shape index (κ2) is 24.8. The van der Waals surface area contributed by atoms with Gasteiger partial charge in [-0.3, -0.25) is 33.7 Å². The number of primary amides is 1. The number of carbonyl (C=O) groups excluding carboxylic acids is 6. The molecule has 0 spiro atoms. The van der Waals surface area contributed by atoms with Gasteiger partial charge in [0, 0.05) is 44.6 Å². The van der Waals surface area contributed by atoms with Crippen molar-refractivity contribution in [2.24, 2.45) is 5.73 Å². The summed E-state index contributed by atoms with van der Waals surface area (Å²) in [5.74, 6) is -2.01. The van der Waals surface area contributed by atoms with Gasteiger partial charge in [0.1, 0.15) is 12.6 Å². The van der Waals surface area contributed by atoms with Crippen molar-refractivity contribution in [2.75, 3.05) is 32.8 Å². The smallest absolute Gasteiger partial charge is 0.253 e. The van der Waals surface area contributed by atoms with E-state index >= 15 is 0 Å². The van der Waals surface area contributed by atoms with Crippen molar-refractivity contribution in [2.45, 2.75) is 155 Å². The predicted octanol–water partition coefficient (Wildman–Crippen LogP) is 3.97. The summed E-state index contributed by atoms with van der Waals surface area (Å²) in [5.41, 5.74) is 4.39. The molecule has 0 fully saturated rings. The molecule has 0 saturated carbocycles. The fraction of sp³-hybridized carbons (Fsp3) is 0.784. The van der Waals surface area contributed by atoms with Crippen molar-refractivity contribution < 1.29 is 38.2 Å². The molecular weight excluding hydrogens is 642 g/mol. The van der Waals surface area contributed by atoms with Crippen LogP contribution in [0.5, 0.6) is 0 Å². The van der Waals surface area contributed by atoms with Gasteiger partial charge in [0.15, 0.2) is 0 Å². The molecule has 5 N–H and O–H groups in total. The lowest BCUT2D eigenvalue weighted by Crippen LogP contribution is -2.44. The van der Waals surface area contributed by atoms with E-state index in [4.69, 9.17) is 15.2 Å². The Hall–Kier alpha value is -3.32. The van der Waals surface area contributed by atoms with Crippen LogP contribution < -0.4 is 21.7 Å². The van der Waals surface area contributed by atoms with Crippen LogP contribution in [0.1, 0.15) is 137 Å². The molecule has 0 aromatic rings. The molecule has 0 aromatic carbocycles. The van der Waals surface area contributed by atoms with E-state index < -0.39 is 35.0 Å². The number of rotatable bonds is 30. The third-order valence-electron chi connectivity index (χ3n) is 8.73. The fourth-order valence-electron chi connectivity index (χ4n) is 5.34. The number of hydrogen-bond donors (Lipinski definition) is 4. The van der Waals surface area contributed by atoms with Gasteiger partial charge in [-0.1, -0.05) is 58.3 Å². The van der Waals surface area contributed by atoms with E-state index in [0.717, 1.165) is 24.2 Å². The maximum atomic E-state index is 12.4. The Balaban J connectivity index is 2.15. The number of nitrogens with two attached hydrogens (primary N) is 1. The van der Waals surface area contributed by atoms with Crippen molar-refractivity contribution >= 4 is 35.4 Å². The minimum atomic E-state index is -0.712. The molecule has 13 heteroatoms. The topological polar surface area (TPSA) is 186 Å². The standard InChI is InChI=1S/C37H65N5O8/c1-6-7-8-9-10-11-12-13-14-18-31(44)41-29(35(38)48)17-15-16-24-39-32(45)28-50-37(4,5)23-27-49-36(2,3)22-25-40-30(43)21-26-42-33(46)19-20-34(42)47/h19-20,29H,6-18,21-28H2,1-5H3,(H2,38,48)(H,39,45)(H,40,43)(H,41,44). The van der Waals surface area contributed by atoms with E-state index in [0.29, 0.717) is 58.2 Å². The SMILES string of the molecule is CCCCCCCCCCCC(=O)NC(CCCCNC(=O)COC(C)(C)CCOC(C)(C)CCNC(=O)CCN1C(=O)C=CC1=O)C(N)=O. The molecule has 1 aliphatic heterocycles. The lowest BCUT2D eigenvalue weighted by molar-refractivity contribution is -0.137. The summed E-state index contributed by atoms with van der Waals surface area (Å²) in [6.45, 7) is 10.9. The second-order valence-corrected chi connectivity index (χ2v) is 14.4. The average Bonchev–Trinajstić information content (AvgIpc) is 3.37. The summed E-state index contributed by atoms with van der Waals surface area (Å²) in [6, 6.07) is -0.712. The van der Waals surface area contributed by atoms with Crippen molar-refractivity contribution in [1.82, 2.24) is 20.9 Å². The van der Waals surface area contributed by atoms with Crippen molar-refractivity contribution in [3.05, 3.63) is 12.2 Å². The summed E-state index contributed by atoms with van der Waals surface area (Å²) >= 11 is 0. The minimum absolute atomic E-state index is 0.0362. The number of nitrogens with one attached hydrogen (secondary N) is 3. The average molecular weight is 708 g/mol. The second-order valence-electron chi connectivity index (χ2n) is 14.4. The predicted molar refractivity (Wildman–Crippen MR) is 193 cm³/mol. The van der Waals surface area contributed by atoms with E-state index in [9.17, 15) is 28.8 Å². The number of carbonyl (C=O) groups is 6. The van der Waals surface area contributed by atoms with Gasteiger partial charge in [0.05, 0.1) is 17.8 Å². The molecule has 1 rings (SSSR count). The van der Waals surface area contributed by atoms with Crippen LogP contribution in [0.3, 0.4) is 0 Å². The van der Waals surface area contributed by atoms with Crippen LogP contribution in [0.4, 0.5) is 0 Å². The van der Waals surface area contributed by atoms with Crippen LogP contribution in [-0.4, -0.2) is 90.4 Å². The molecule has 6 amide bonds. The van der Waals surface area contributed by atoms with Crippen LogP contribution in [0.2, 0.25) is 0 Å². The lowest BCUT2D eigenvalue weighted by Gasteiger charge is -2.29. The van der Waals surface area contributed by atoms with E-state index in [-0.39, 0.29) is 37.3 Å². The Labute approximate surface area is 299 Å². The summed E-state index contributed by atoms with van der Waals surface area (Å²) in [7, 11) is 0. The largest absolute Gasteiger partial charge is 0.375 e. The van der Waals surface area contributed by atoms with Gasteiger partial charge in [-0.15, -0.1) is 0 Å². The zero-order valence-electron chi connectivity index (χ0n) is 31.4. The number of unbranched alkanes of at least 4 members (excludes halogenated alkanes) is 9. The first-order valence-corrected chi connectivity index (χ1v) is 18.6. The van der Waals surface area contributed by atoms with Crippen LogP contribution in [-0.2, 0) is 38.2 Å². The molecule has 0 radical (unpaired) electrons. The molecule has 1 heterocycles. The highest BCUT2D eigenvalue weighted by atomic mass is 16.5. The Morgan fingerprint density at radius 2 is 1.30 bits per heavy atom. The first kappa shape index (κ1) is 44.7. The monoisotopic (exact) mass is 707 g/mol.